The van der Waals surface area contributed by atoms with Crippen molar-refractivity contribution >= 4 is 25.7 Å². The first kappa shape index (κ1) is 65.4. The first-order valence-electron chi connectivity index (χ1n) is 27.5. The molecule has 12 heteroatoms. The Morgan fingerprint density at radius 1 is 0.426 bits per heavy atom. The number of carbonyl (C=O) groups excluding carboxylic acids is 3. The molecule has 0 heterocycles. The molecule has 11 nitrogen and oxygen atoms in total. The molecule has 0 aliphatic heterocycles. The standard InChI is InChI=1S/C56H101O11P/c1-4-7-10-13-16-19-22-25-26-29-32-35-38-41-44-47-56(60)67-53(49-63-54(58)45-42-39-36-33-30-27-23-20-17-14-11-8-5-2)51-65-68(61,62)64-50-52(48-57)66-55(59)46-43-40-37-34-31-28-24-21-18-15-12-9-6-3/h7,10,16,19,25-26,32,35,52-53,57H,4-6,8-9,11-15,17-18,20-24,27-31,33-34,36-51H2,1-3H3,(H,61,62)/b10-7-,19-16-,26-25-,35-32-. The lowest BCUT2D eigenvalue weighted by atomic mass is 10.0. The zero-order valence-corrected chi connectivity index (χ0v) is 44.5. The van der Waals surface area contributed by atoms with E-state index in [9.17, 15) is 28.9 Å². The number of phosphoric acid groups is 1. The lowest BCUT2D eigenvalue weighted by Crippen LogP contribution is -2.30. The molecule has 3 unspecified atom stereocenters. The molecule has 0 radical (unpaired) electrons. The number of hydrogen-bond donors (Lipinski definition) is 2. The summed E-state index contributed by atoms with van der Waals surface area (Å²) in [6, 6.07) is 0. The first-order valence-corrected chi connectivity index (χ1v) is 29.0. The maximum Gasteiger partial charge on any atom is 0.472 e. The normalized spacial score (nSPS) is 13.8. The third kappa shape index (κ3) is 48.5. The van der Waals surface area contributed by atoms with Crippen molar-refractivity contribution in [2.24, 2.45) is 0 Å². The highest BCUT2D eigenvalue weighted by atomic mass is 31.2. The summed E-state index contributed by atoms with van der Waals surface area (Å²) < 4.78 is 39.4. The van der Waals surface area contributed by atoms with Crippen molar-refractivity contribution in [3.63, 3.8) is 0 Å². The van der Waals surface area contributed by atoms with E-state index in [1.807, 2.05) is 0 Å². The van der Waals surface area contributed by atoms with Crippen LogP contribution in [0.2, 0.25) is 0 Å². The van der Waals surface area contributed by atoms with Gasteiger partial charge in [-0.15, -0.1) is 0 Å². The third-order valence-electron chi connectivity index (χ3n) is 11.8. The van der Waals surface area contributed by atoms with Gasteiger partial charge in [-0.1, -0.05) is 223 Å². The number of unbranched alkanes of at least 4 members (excludes halogenated alkanes) is 26. The molecule has 2 N–H and O–H groups in total. The summed E-state index contributed by atoms with van der Waals surface area (Å²) in [4.78, 5) is 48.4. The van der Waals surface area contributed by atoms with E-state index >= 15 is 0 Å². The summed E-state index contributed by atoms with van der Waals surface area (Å²) in [6.07, 6.45) is 52.2. The van der Waals surface area contributed by atoms with Crippen molar-refractivity contribution < 1.29 is 52.2 Å². The number of aliphatic hydroxyl groups excluding tert-OH is 1. The van der Waals surface area contributed by atoms with Gasteiger partial charge in [0.2, 0.25) is 0 Å². The molecule has 0 bridgehead atoms. The molecule has 0 rings (SSSR count). The van der Waals surface area contributed by atoms with Crippen LogP contribution in [0.15, 0.2) is 48.6 Å². The van der Waals surface area contributed by atoms with E-state index in [-0.39, 0.29) is 25.9 Å². The largest absolute Gasteiger partial charge is 0.472 e. The Hall–Kier alpha value is -2.56. The molecule has 0 aliphatic carbocycles. The fourth-order valence-electron chi connectivity index (χ4n) is 7.58. The fourth-order valence-corrected chi connectivity index (χ4v) is 8.37. The second-order valence-corrected chi connectivity index (χ2v) is 19.8. The summed E-state index contributed by atoms with van der Waals surface area (Å²) in [5.41, 5.74) is 0. The molecule has 0 spiro atoms. The van der Waals surface area contributed by atoms with Crippen molar-refractivity contribution in [2.75, 3.05) is 26.4 Å². The summed E-state index contributed by atoms with van der Waals surface area (Å²) in [5, 5.41) is 9.79. The summed E-state index contributed by atoms with van der Waals surface area (Å²) in [7, 11) is -4.75. The van der Waals surface area contributed by atoms with Crippen LogP contribution in [-0.2, 0) is 42.2 Å². The van der Waals surface area contributed by atoms with Crippen LogP contribution >= 0.6 is 7.82 Å². The van der Waals surface area contributed by atoms with Crippen LogP contribution in [0.5, 0.6) is 0 Å². The number of allylic oxidation sites excluding steroid dienone is 8. The van der Waals surface area contributed by atoms with E-state index in [1.165, 1.54) is 116 Å². The molecule has 0 aromatic heterocycles. The van der Waals surface area contributed by atoms with E-state index in [4.69, 9.17) is 23.3 Å². The van der Waals surface area contributed by atoms with Gasteiger partial charge in [0.05, 0.1) is 19.8 Å². The number of rotatable bonds is 51. The fraction of sp³-hybridized carbons (Fsp3) is 0.804. The Balaban J connectivity index is 4.77. The Kier molecular flexibility index (Phi) is 48.9. The Labute approximate surface area is 415 Å². The smallest absolute Gasteiger partial charge is 0.462 e. The van der Waals surface area contributed by atoms with Crippen LogP contribution in [-0.4, -0.2) is 66.5 Å². The van der Waals surface area contributed by atoms with Crippen molar-refractivity contribution in [1.29, 1.82) is 0 Å². The molecular weight excluding hydrogens is 880 g/mol. The van der Waals surface area contributed by atoms with E-state index < -0.39 is 57.8 Å². The minimum Gasteiger partial charge on any atom is -0.462 e. The molecule has 0 aliphatic rings. The van der Waals surface area contributed by atoms with Gasteiger partial charge in [0.15, 0.2) is 6.10 Å². The van der Waals surface area contributed by atoms with Gasteiger partial charge in [-0.25, -0.2) is 4.57 Å². The first-order chi connectivity index (χ1) is 33.2. The van der Waals surface area contributed by atoms with E-state index in [2.05, 4.69) is 69.4 Å². The molecule has 0 amide bonds. The Bertz CT molecular complexity index is 1330. The highest BCUT2D eigenvalue weighted by Gasteiger charge is 2.28. The monoisotopic (exact) mass is 981 g/mol. The molecule has 0 saturated heterocycles. The number of aliphatic hydroxyl groups is 1. The van der Waals surface area contributed by atoms with Crippen LogP contribution in [0.1, 0.15) is 252 Å². The predicted octanol–water partition coefficient (Wildman–Crippen LogP) is 15.8. The van der Waals surface area contributed by atoms with Gasteiger partial charge in [0, 0.05) is 19.3 Å². The Morgan fingerprint density at radius 2 is 0.765 bits per heavy atom. The number of ether oxygens (including phenoxy) is 3. The minimum atomic E-state index is -4.75. The van der Waals surface area contributed by atoms with Crippen LogP contribution in [0.4, 0.5) is 0 Å². The van der Waals surface area contributed by atoms with Gasteiger partial charge in [-0.3, -0.25) is 23.4 Å². The maximum atomic E-state index is 12.9. The molecule has 396 valence electrons. The lowest BCUT2D eigenvalue weighted by molar-refractivity contribution is -0.161. The minimum absolute atomic E-state index is 0.118. The van der Waals surface area contributed by atoms with Crippen LogP contribution in [0, 0.1) is 0 Å². The van der Waals surface area contributed by atoms with Crippen molar-refractivity contribution in [3.05, 3.63) is 48.6 Å². The Morgan fingerprint density at radius 3 is 1.18 bits per heavy atom. The van der Waals surface area contributed by atoms with E-state index in [1.54, 1.807) is 0 Å². The summed E-state index contributed by atoms with van der Waals surface area (Å²) >= 11 is 0. The van der Waals surface area contributed by atoms with Gasteiger partial charge in [-0.2, -0.15) is 0 Å². The second kappa shape index (κ2) is 50.8. The van der Waals surface area contributed by atoms with Gasteiger partial charge in [-0.05, 0) is 57.8 Å². The molecule has 68 heavy (non-hydrogen) atoms. The molecular formula is C56H101O11P. The maximum absolute atomic E-state index is 12.9. The average molecular weight is 981 g/mol. The quantitative estimate of drug-likeness (QED) is 0.0197. The molecule has 0 aromatic carbocycles. The highest BCUT2D eigenvalue weighted by molar-refractivity contribution is 7.47. The zero-order valence-electron chi connectivity index (χ0n) is 43.6. The molecule has 0 aromatic rings. The zero-order chi connectivity index (χ0) is 49.9. The van der Waals surface area contributed by atoms with E-state index in [0.29, 0.717) is 19.3 Å². The predicted molar refractivity (Wildman–Crippen MR) is 279 cm³/mol. The number of esters is 3. The van der Waals surface area contributed by atoms with Crippen LogP contribution in [0.3, 0.4) is 0 Å². The van der Waals surface area contributed by atoms with Gasteiger partial charge >= 0.3 is 25.7 Å². The van der Waals surface area contributed by atoms with Crippen molar-refractivity contribution in [1.82, 2.24) is 0 Å². The molecule has 0 saturated carbocycles. The number of phosphoric ester groups is 1. The van der Waals surface area contributed by atoms with Crippen LogP contribution < -0.4 is 0 Å². The van der Waals surface area contributed by atoms with Gasteiger partial charge < -0.3 is 24.2 Å². The third-order valence-corrected chi connectivity index (χ3v) is 12.7. The molecule has 3 atom stereocenters. The van der Waals surface area contributed by atoms with Crippen LogP contribution in [0.25, 0.3) is 0 Å². The van der Waals surface area contributed by atoms with Crippen molar-refractivity contribution in [2.45, 2.75) is 264 Å². The SMILES string of the molecule is CC/C=C\C/C=C\C/C=C\C/C=C\CCCCC(=O)OC(COC(=O)CCCCCCCCCCCCCCC)COP(=O)(O)OCC(CO)OC(=O)CCCCCCCCCCCCCCC. The summed E-state index contributed by atoms with van der Waals surface area (Å²) in [6.45, 7) is 4.50. The van der Waals surface area contributed by atoms with Crippen molar-refractivity contribution in [3.8, 4) is 0 Å². The molecule has 0 fully saturated rings. The van der Waals surface area contributed by atoms with E-state index in [0.717, 1.165) is 77.0 Å². The second-order valence-electron chi connectivity index (χ2n) is 18.4. The number of carbonyl (C=O) groups is 3. The van der Waals surface area contributed by atoms with Gasteiger partial charge in [0.1, 0.15) is 12.7 Å². The van der Waals surface area contributed by atoms with Gasteiger partial charge in [0.25, 0.3) is 0 Å². The number of hydrogen-bond acceptors (Lipinski definition) is 10. The summed E-state index contributed by atoms with van der Waals surface area (Å²) in [5.74, 6) is -1.50. The average Bonchev–Trinajstić information content (AvgIpc) is 3.32. The topological polar surface area (TPSA) is 155 Å². The lowest BCUT2D eigenvalue weighted by Gasteiger charge is -2.21. The highest BCUT2D eigenvalue weighted by Crippen LogP contribution is 2.43.